The highest BCUT2D eigenvalue weighted by Gasteiger charge is 2.19. The van der Waals surface area contributed by atoms with Gasteiger partial charge in [0.1, 0.15) is 5.82 Å². The maximum Gasteiger partial charge on any atom is 0.124 e. The largest absolute Gasteiger partial charge is 0.327 e. The Balaban J connectivity index is 2.01. The van der Waals surface area contributed by atoms with Crippen molar-refractivity contribution in [1.29, 1.82) is 0 Å². The van der Waals surface area contributed by atoms with Crippen LogP contribution in [0.4, 0.5) is 0 Å². The number of benzene rings is 1. The smallest absolute Gasteiger partial charge is 0.124 e. The van der Waals surface area contributed by atoms with E-state index in [1.54, 1.807) is 0 Å². The monoisotopic (exact) mass is 392 g/mol. The first-order valence-electron chi connectivity index (χ1n) is 6.06. The molecule has 1 aromatic heterocycles. The Bertz CT molecular complexity index is 563. The van der Waals surface area contributed by atoms with Crippen LogP contribution in [0.1, 0.15) is 12.2 Å². The van der Waals surface area contributed by atoms with Gasteiger partial charge >= 0.3 is 0 Å². The number of halogens is 2. The first-order chi connectivity index (χ1) is 8.78. The minimum atomic E-state index is 0.491. The van der Waals surface area contributed by atoms with Gasteiger partial charge in [0.05, 0.1) is 16.9 Å². The van der Waals surface area contributed by atoms with E-state index < -0.39 is 0 Å². The van der Waals surface area contributed by atoms with Gasteiger partial charge in [-0.3, -0.25) is 0 Å². The van der Waals surface area contributed by atoms with E-state index in [0.29, 0.717) is 5.88 Å². The summed E-state index contributed by atoms with van der Waals surface area (Å²) in [6.07, 6.45) is 1.32. The molecule has 0 amide bonds. The van der Waals surface area contributed by atoms with Gasteiger partial charge in [0, 0.05) is 10.1 Å². The fourth-order valence-corrected chi connectivity index (χ4v) is 4.39. The standard InChI is InChI=1S/C13H14ClIN2S/c14-6-13-16-11-5-10(15)1-2-12(11)17(13)7-9-3-4-18-8-9/h1-2,5,9H,3-4,6-8H2. The first kappa shape index (κ1) is 13.1. The van der Waals surface area contributed by atoms with Gasteiger partial charge in [-0.05, 0) is 64.6 Å². The molecule has 1 aromatic carbocycles. The predicted molar refractivity (Wildman–Crippen MR) is 87.4 cm³/mol. The van der Waals surface area contributed by atoms with E-state index in [2.05, 4.69) is 62.1 Å². The molecule has 0 N–H and O–H groups in total. The third-order valence-electron chi connectivity index (χ3n) is 3.37. The van der Waals surface area contributed by atoms with Gasteiger partial charge < -0.3 is 4.57 Å². The topological polar surface area (TPSA) is 17.8 Å². The molecule has 1 fully saturated rings. The van der Waals surface area contributed by atoms with E-state index in [1.165, 1.54) is 27.0 Å². The molecule has 0 saturated carbocycles. The van der Waals surface area contributed by atoms with Crippen molar-refractivity contribution in [1.82, 2.24) is 9.55 Å². The van der Waals surface area contributed by atoms with E-state index in [4.69, 9.17) is 11.6 Å². The van der Waals surface area contributed by atoms with Crippen molar-refractivity contribution >= 4 is 57.0 Å². The number of aromatic nitrogens is 2. The Morgan fingerprint density at radius 3 is 3.11 bits per heavy atom. The molecule has 2 aromatic rings. The quantitative estimate of drug-likeness (QED) is 0.577. The highest BCUT2D eigenvalue weighted by Crippen LogP contribution is 2.28. The average molecular weight is 393 g/mol. The molecule has 2 heterocycles. The van der Waals surface area contributed by atoms with Gasteiger partial charge in [-0.15, -0.1) is 11.6 Å². The van der Waals surface area contributed by atoms with Crippen LogP contribution in [0.25, 0.3) is 11.0 Å². The zero-order valence-electron chi connectivity index (χ0n) is 9.90. The molecule has 18 heavy (non-hydrogen) atoms. The summed E-state index contributed by atoms with van der Waals surface area (Å²) >= 11 is 10.4. The van der Waals surface area contributed by atoms with E-state index in [-0.39, 0.29) is 0 Å². The molecule has 0 radical (unpaired) electrons. The van der Waals surface area contributed by atoms with Crippen LogP contribution in [-0.4, -0.2) is 21.1 Å². The number of nitrogens with zero attached hydrogens (tertiary/aromatic N) is 2. The number of imidazole rings is 1. The molecule has 5 heteroatoms. The van der Waals surface area contributed by atoms with Crippen LogP contribution in [0.2, 0.25) is 0 Å². The van der Waals surface area contributed by atoms with Gasteiger partial charge in [-0.2, -0.15) is 11.8 Å². The fourth-order valence-electron chi connectivity index (χ4n) is 2.44. The normalized spacial score (nSPS) is 19.8. The lowest BCUT2D eigenvalue weighted by Crippen LogP contribution is -2.12. The second kappa shape index (κ2) is 5.59. The molecule has 1 saturated heterocycles. The molecule has 1 aliphatic rings. The van der Waals surface area contributed by atoms with Crippen LogP contribution >= 0.6 is 46.0 Å². The van der Waals surface area contributed by atoms with E-state index >= 15 is 0 Å². The van der Waals surface area contributed by atoms with Crippen molar-refractivity contribution < 1.29 is 0 Å². The second-order valence-corrected chi connectivity index (χ2v) is 7.30. The van der Waals surface area contributed by atoms with Gasteiger partial charge in [-0.1, -0.05) is 0 Å². The van der Waals surface area contributed by atoms with Gasteiger partial charge in [0.15, 0.2) is 0 Å². The van der Waals surface area contributed by atoms with Crippen molar-refractivity contribution in [2.75, 3.05) is 11.5 Å². The highest BCUT2D eigenvalue weighted by atomic mass is 127. The summed E-state index contributed by atoms with van der Waals surface area (Å²) in [6.45, 7) is 1.06. The number of thioether (sulfide) groups is 1. The molecule has 96 valence electrons. The molecule has 0 spiro atoms. The van der Waals surface area contributed by atoms with Crippen LogP contribution in [0, 0.1) is 9.49 Å². The first-order valence-corrected chi connectivity index (χ1v) is 8.83. The predicted octanol–water partition coefficient (Wildman–Crippen LogP) is 4.13. The average Bonchev–Trinajstić information content (AvgIpc) is 2.97. The minimum Gasteiger partial charge on any atom is -0.327 e. The lowest BCUT2D eigenvalue weighted by molar-refractivity contribution is 0.493. The van der Waals surface area contributed by atoms with Crippen LogP contribution in [0.15, 0.2) is 18.2 Å². The Morgan fingerprint density at radius 1 is 1.50 bits per heavy atom. The van der Waals surface area contributed by atoms with Crippen molar-refractivity contribution in [3.8, 4) is 0 Å². The van der Waals surface area contributed by atoms with Crippen LogP contribution in [-0.2, 0) is 12.4 Å². The lowest BCUT2D eigenvalue weighted by atomic mass is 10.1. The van der Waals surface area contributed by atoms with Gasteiger partial charge in [0.2, 0.25) is 0 Å². The third-order valence-corrected chi connectivity index (χ3v) is 5.52. The van der Waals surface area contributed by atoms with Crippen molar-refractivity contribution in [3.63, 3.8) is 0 Å². The SMILES string of the molecule is ClCc1nc2cc(I)ccc2n1CC1CCSC1. The number of hydrogen-bond donors (Lipinski definition) is 0. The molecule has 1 aliphatic heterocycles. The van der Waals surface area contributed by atoms with Gasteiger partial charge in [-0.25, -0.2) is 4.98 Å². The molecule has 2 nitrogen and oxygen atoms in total. The van der Waals surface area contributed by atoms with Gasteiger partial charge in [0.25, 0.3) is 0 Å². The molecule has 1 unspecified atom stereocenters. The molecule has 3 rings (SSSR count). The van der Waals surface area contributed by atoms with Crippen molar-refractivity contribution in [2.45, 2.75) is 18.8 Å². The summed E-state index contributed by atoms with van der Waals surface area (Å²) in [7, 11) is 0. The Hall–Kier alpha value is 0.0600. The van der Waals surface area contributed by atoms with E-state index in [0.717, 1.165) is 23.8 Å². The molecule has 0 bridgehead atoms. The zero-order chi connectivity index (χ0) is 12.5. The number of alkyl halides is 1. The summed E-state index contributed by atoms with van der Waals surface area (Å²) in [5.41, 5.74) is 2.30. The van der Waals surface area contributed by atoms with Crippen LogP contribution in [0.5, 0.6) is 0 Å². The number of hydrogen-bond acceptors (Lipinski definition) is 2. The van der Waals surface area contributed by atoms with Crippen LogP contribution < -0.4 is 0 Å². The third kappa shape index (κ3) is 2.51. The second-order valence-electron chi connectivity index (χ2n) is 4.63. The maximum absolute atomic E-state index is 6.04. The fraction of sp³-hybridized carbons (Fsp3) is 0.462. The summed E-state index contributed by atoms with van der Waals surface area (Å²) in [6, 6.07) is 6.44. The molecular formula is C13H14ClIN2S. The Labute approximate surface area is 130 Å². The summed E-state index contributed by atoms with van der Waals surface area (Å²) in [5.74, 6) is 4.83. The Kier molecular flexibility index (Phi) is 4.06. The van der Waals surface area contributed by atoms with E-state index in [9.17, 15) is 0 Å². The van der Waals surface area contributed by atoms with Crippen molar-refractivity contribution in [2.24, 2.45) is 5.92 Å². The summed E-state index contributed by atoms with van der Waals surface area (Å²) < 4.78 is 3.54. The maximum atomic E-state index is 6.04. The Morgan fingerprint density at radius 2 is 2.39 bits per heavy atom. The minimum absolute atomic E-state index is 0.491. The van der Waals surface area contributed by atoms with Crippen molar-refractivity contribution in [3.05, 3.63) is 27.6 Å². The molecular weight excluding hydrogens is 379 g/mol. The lowest BCUT2D eigenvalue weighted by Gasteiger charge is -2.12. The highest BCUT2D eigenvalue weighted by molar-refractivity contribution is 14.1. The number of fused-ring (bicyclic) bond motifs is 1. The molecule has 1 atom stereocenters. The summed E-state index contributed by atoms with van der Waals surface area (Å²) in [4.78, 5) is 4.65. The number of rotatable bonds is 3. The van der Waals surface area contributed by atoms with E-state index in [1.807, 2.05) is 0 Å². The van der Waals surface area contributed by atoms with Crippen LogP contribution in [0.3, 0.4) is 0 Å². The zero-order valence-corrected chi connectivity index (χ0v) is 13.6. The molecule has 0 aliphatic carbocycles. The summed E-state index contributed by atoms with van der Waals surface area (Å²) in [5, 5.41) is 0.